The summed E-state index contributed by atoms with van der Waals surface area (Å²) in [6.07, 6.45) is 2.06. The summed E-state index contributed by atoms with van der Waals surface area (Å²) in [5.41, 5.74) is 4.77. The smallest absolute Gasteiger partial charge is 0.254 e. The molecule has 2 amide bonds. The maximum absolute atomic E-state index is 13.2. The van der Waals surface area contributed by atoms with Crippen LogP contribution in [0.15, 0.2) is 36.4 Å². The van der Waals surface area contributed by atoms with Gasteiger partial charge in [0.2, 0.25) is 5.91 Å². The highest BCUT2D eigenvalue weighted by Gasteiger charge is 2.40. The molecule has 0 aliphatic carbocycles. The number of hydrogen-bond acceptors (Lipinski definition) is 3. The Morgan fingerprint density at radius 2 is 1.86 bits per heavy atom. The lowest BCUT2D eigenvalue weighted by Crippen LogP contribution is -2.36. The van der Waals surface area contributed by atoms with Crippen LogP contribution in [0.5, 0.6) is 5.75 Å². The standard InChI is InChI=1S/C23H28N2O3/c1-5-6-13-28-19-10-8-7-9-18(19)14-25-22-16(3)12-11-15(2)20(22)21(23(25)27)24-17(4)26/h7-12,21H,5-6,13-14H2,1-4H3,(H,24,26). The molecule has 5 heteroatoms. The van der Waals surface area contributed by atoms with Crippen molar-refractivity contribution < 1.29 is 14.3 Å². The lowest BCUT2D eigenvalue weighted by molar-refractivity contribution is -0.126. The number of para-hydroxylation sites is 1. The van der Waals surface area contributed by atoms with Crippen LogP contribution in [-0.4, -0.2) is 18.4 Å². The van der Waals surface area contributed by atoms with Gasteiger partial charge in [-0.15, -0.1) is 0 Å². The molecule has 1 unspecified atom stereocenters. The second kappa shape index (κ2) is 8.46. The van der Waals surface area contributed by atoms with E-state index in [0.717, 1.165) is 46.5 Å². The van der Waals surface area contributed by atoms with E-state index in [9.17, 15) is 9.59 Å². The number of rotatable bonds is 7. The van der Waals surface area contributed by atoms with Crippen molar-refractivity contribution in [2.24, 2.45) is 0 Å². The molecular formula is C23H28N2O3. The van der Waals surface area contributed by atoms with Gasteiger partial charge < -0.3 is 15.0 Å². The first-order valence-corrected chi connectivity index (χ1v) is 9.83. The number of ether oxygens (including phenoxy) is 1. The molecule has 2 aromatic rings. The van der Waals surface area contributed by atoms with Crippen molar-refractivity contribution in [3.63, 3.8) is 0 Å². The Morgan fingerprint density at radius 3 is 2.57 bits per heavy atom. The molecular weight excluding hydrogens is 352 g/mol. The maximum atomic E-state index is 13.2. The second-order valence-corrected chi connectivity index (χ2v) is 7.33. The fraction of sp³-hybridized carbons (Fsp3) is 0.391. The third-order valence-corrected chi connectivity index (χ3v) is 5.11. The molecule has 1 N–H and O–H groups in total. The summed E-state index contributed by atoms with van der Waals surface area (Å²) in [5, 5.41) is 2.83. The van der Waals surface area contributed by atoms with Gasteiger partial charge in [0.25, 0.3) is 5.91 Å². The van der Waals surface area contributed by atoms with E-state index in [4.69, 9.17) is 4.74 Å². The molecule has 2 aromatic carbocycles. The lowest BCUT2D eigenvalue weighted by Gasteiger charge is -2.21. The van der Waals surface area contributed by atoms with Gasteiger partial charge in [-0.1, -0.05) is 43.7 Å². The van der Waals surface area contributed by atoms with Crippen LogP contribution in [0.2, 0.25) is 0 Å². The third kappa shape index (κ3) is 3.88. The molecule has 0 saturated carbocycles. The molecule has 0 spiro atoms. The first-order valence-electron chi connectivity index (χ1n) is 9.83. The van der Waals surface area contributed by atoms with Gasteiger partial charge in [-0.05, 0) is 37.5 Å². The molecule has 1 aliphatic rings. The minimum Gasteiger partial charge on any atom is -0.493 e. The highest BCUT2D eigenvalue weighted by atomic mass is 16.5. The van der Waals surface area contributed by atoms with E-state index in [0.29, 0.717) is 13.2 Å². The van der Waals surface area contributed by atoms with E-state index in [1.54, 1.807) is 4.90 Å². The van der Waals surface area contributed by atoms with Crippen molar-refractivity contribution in [1.29, 1.82) is 0 Å². The molecule has 5 nitrogen and oxygen atoms in total. The Labute approximate surface area is 166 Å². The van der Waals surface area contributed by atoms with Gasteiger partial charge in [0.05, 0.1) is 18.8 Å². The largest absolute Gasteiger partial charge is 0.493 e. The van der Waals surface area contributed by atoms with Crippen LogP contribution in [0.25, 0.3) is 0 Å². The van der Waals surface area contributed by atoms with E-state index in [2.05, 4.69) is 12.2 Å². The summed E-state index contributed by atoms with van der Waals surface area (Å²) in [6, 6.07) is 11.2. The Hall–Kier alpha value is -2.82. The number of aryl methyl sites for hydroxylation is 2. The molecule has 148 valence electrons. The summed E-state index contributed by atoms with van der Waals surface area (Å²) in [7, 11) is 0. The predicted molar refractivity (Wildman–Crippen MR) is 111 cm³/mol. The monoisotopic (exact) mass is 380 g/mol. The molecule has 1 atom stereocenters. The average Bonchev–Trinajstić information content (AvgIpc) is 2.93. The zero-order valence-corrected chi connectivity index (χ0v) is 17.0. The highest BCUT2D eigenvalue weighted by Crippen LogP contribution is 2.42. The number of carbonyl (C=O) groups is 2. The Balaban J connectivity index is 1.97. The molecule has 28 heavy (non-hydrogen) atoms. The Morgan fingerprint density at radius 1 is 1.14 bits per heavy atom. The number of benzene rings is 2. The Kier molecular flexibility index (Phi) is 6.02. The fourth-order valence-electron chi connectivity index (χ4n) is 3.70. The number of hydrogen-bond donors (Lipinski definition) is 1. The van der Waals surface area contributed by atoms with Gasteiger partial charge in [0.15, 0.2) is 0 Å². The van der Waals surface area contributed by atoms with Crippen LogP contribution < -0.4 is 15.0 Å². The summed E-state index contributed by atoms with van der Waals surface area (Å²) in [5.74, 6) is 0.486. The number of anilines is 1. The van der Waals surface area contributed by atoms with Crippen molar-refractivity contribution >= 4 is 17.5 Å². The third-order valence-electron chi connectivity index (χ3n) is 5.11. The van der Waals surface area contributed by atoms with E-state index in [1.807, 2.05) is 50.2 Å². The molecule has 3 rings (SSSR count). The minimum absolute atomic E-state index is 0.106. The quantitative estimate of drug-likeness (QED) is 0.732. The first-order chi connectivity index (χ1) is 13.4. The molecule has 0 saturated heterocycles. The van der Waals surface area contributed by atoms with Gasteiger partial charge >= 0.3 is 0 Å². The van der Waals surface area contributed by atoms with Crippen LogP contribution in [0.1, 0.15) is 55.0 Å². The molecule has 0 fully saturated rings. The van der Waals surface area contributed by atoms with Gasteiger partial charge in [-0.3, -0.25) is 9.59 Å². The number of nitrogens with one attached hydrogen (secondary N) is 1. The maximum Gasteiger partial charge on any atom is 0.254 e. The second-order valence-electron chi connectivity index (χ2n) is 7.33. The van der Waals surface area contributed by atoms with Crippen molar-refractivity contribution in [1.82, 2.24) is 5.32 Å². The van der Waals surface area contributed by atoms with Crippen molar-refractivity contribution in [3.8, 4) is 5.75 Å². The number of unbranched alkanes of at least 4 members (excludes halogenated alkanes) is 1. The summed E-state index contributed by atoms with van der Waals surface area (Å²) in [6.45, 7) is 8.61. The van der Waals surface area contributed by atoms with E-state index in [1.165, 1.54) is 6.92 Å². The number of carbonyl (C=O) groups excluding carboxylic acids is 2. The van der Waals surface area contributed by atoms with Crippen LogP contribution in [-0.2, 0) is 16.1 Å². The van der Waals surface area contributed by atoms with E-state index in [-0.39, 0.29) is 11.8 Å². The summed E-state index contributed by atoms with van der Waals surface area (Å²) in [4.78, 5) is 26.7. The van der Waals surface area contributed by atoms with Crippen molar-refractivity contribution in [2.45, 2.75) is 53.1 Å². The van der Waals surface area contributed by atoms with Crippen LogP contribution in [0, 0.1) is 13.8 Å². The molecule has 0 bridgehead atoms. The topological polar surface area (TPSA) is 58.6 Å². The predicted octanol–water partition coefficient (Wildman–Crippen LogP) is 4.21. The number of fused-ring (bicyclic) bond motifs is 1. The molecule has 0 aromatic heterocycles. The molecule has 0 radical (unpaired) electrons. The fourth-order valence-corrected chi connectivity index (χ4v) is 3.70. The minimum atomic E-state index is -0.638. The van der Waals surface area contributed by atoms with Crippen molar-refractivity contribution in [3.05, 3.63) is 58.7 Å². The molecule has 1 aliphatic heterocycles. The van der Waals surface area contributed by atoms with E-state index < -0.39 is 6.04 Å². The van der Waals surface area contributed by atoms with E-state index >= 15 is 0 Å². The summed E-state index contributed by atoms with van der Waals surface area (Å²) >= 11 is 0. The SMILES string of the molecule is CCCCOc1ccccc1CN1C(=O)C(NC(C)=O)c2c(C)ccc(C)c21. The zero-order chi connectivity index (χ0) is 20.3. The highest BCUT2D eigenvalue weighted by molar-refractivity contribution is 6.07. The lowest BCUT2D eigenvalue weighted by atomic mass is 9.99. The molecule has 1 heterocycles. The number of nitrogens with zero attached hydrogens (tertiary/aromatic N) is 1. The van der Waals surface area contributed by atoms with Gasteiger partial charge in [0, 0.05) is 18.1 Å². The summed E-state index contributed by atoms with van der Waals surface area (Å²) < 4.78 is 5.95. The van der Waals surface area contributed by atoms with Crippen LogP contribution >= 0.6 is 0 Å². The van der Waals surface area contributed by atoms with Crippen molar-refractivity contribution in [2.75, 3.05) is 11.5 Å². The van der Waals surface area contributed by atoms with Gasteiger partial charge in [-0.25, -0.2) is 0 Å². The first kappa shape index (κ1) is 19.9. The number of amides is 2. The van der Waals surface area contributed by atoms with Gasteiger partial charge in [-0.2, -0.15) is 0 Å². The van der Waals surface area contributed by atoms with Gasteiger partial charge in [0.1, 0.15) is 11.8 Å². The van der Waals surface area contributed by atoms with Crippen LogP contribution in [0.4, 0.5) is 5.69 Å². The normalized spacial score (nSPS) is 15.5. The van der Waals surface area contributed by atoms with Crippen LogP contribution in [0.3, 0.4) is 0 Å². The Bertz CT molecular complexity index is 891. The zero-order valence-electron chi connectivity index (χ0n) is 17.0. The average molecular weight is 380 g/mol.